The topological polar surface area (TPSA) is 75.9 Å². The van der Waals surface area contributed by atoms with Crippen molar-refractivity contribution in [2.24, 2.45) is 13.0 Å². The maximum atomic E-state index is 12.9. The number of hydrogen-bond donors (Lipinski definition) is 1. The highest BCUT2D eigenvalue weighted by atomic mass is 16.1. The highest BCUT2D eigenvalue weighted by molar-refractivity contribution is 6.04. The molecule has 7 heteroatoms. The molecule has 1 atom stereocenters. The molecular weight excluding hydrogens is 352 g/mol. The Kier molecular flexibility index (Phi) is 4.03. The molecule has 1 saturated heterocycles. The first-order valence-corrected chi connectivity index (χ1v) is 9.93. The monoisotopic (exact) mass is 376 g/mol. The van der Waals surface area contributed by atoms with E-state index in [0.29, 0.717) is 23.5 Å². The maximum absolute atomic E-state index is 12.9. The molecule has 1 amide bonds. The number of nitrogens with zero attached hydrogens (tertiary/aromatic N) is 5. The Morgan fingerprint density at radius 2 is 2.11 bits per heavy atom. The van der Waals surface area contributed by atoms with Crippen molar-refractivity contribution < 1.29 is 4.79 Å². The summed E-state index contributed by atoms with van der Waals surface area (Å²) in [5.74, 6) is 1.59. The molecule has 28 heavy (non-hydrogen) atoms. The van der Waals surface area contributed by atoms with Crippen molar-refractivity contribution in [3.63, 3.8) is 0 Å². The Hall–Kier alpha value is -2.96. The molecule has 3 aromatic rings. The molecule has 0 bridgehead atoms. The molecule has 1 aliphatic carbocycles. The van der Waals surface area contributed by atoms with Crippen molar-refractivity contribution in [2.45, 2.75) is 32.1 Å². The van der Waals surface area contributed by atoms with E-state index in [1.807, 2.05) is 19.3 Å². The second-order valence-electron chi connectivity index (χ2n) is 8.11. The first kappa shape index (κ1) is 17.2. The Labute approximate surface area is 163 Å². The van der Waals surface area contributed by atoms with E-state index in [1.165, 1.54) is 5.56 Å². The van der Waals surface area contributed by atoms with Crippen molar-refractivity contribution in [3.05, 3.63) is 41.9 Å². The van der Waals surface area contributed by atoms with Crippen LogP contribution in [0.2, 0.25) is 0 Å². The number of benzene rings is 1. The highest BCUT2D eigenvalue weighted by Gasteiger charge is 2.28. The molecule has 1 unspecified atom stereocenters. The zero-order valence-electron chi connectivity index (χ0n) is 16.2. The second kappa shape index (κ2) is 6.58. The smallest absolute Gasteiger partial charge is 0.274 e. The third-order valence-electron chi connectivity index (χ3n) is 5.64. The van der Waals surface area contributed by atoms with Crippen LogP contribution >= 0.6 is 0 Å². The lowest BCUT2D eigenvalue weighted by molar-refractivity contribution is 0.102. The molecule has 2 aromatic heterocycles. The van der Waals surface area contributed by atoms with Gasteiger partial charge in [-0.25, -0.2) is 9.97 Å². The van der Waals surface area contributed by atoms with Crippen LogP contribution in [0, 0.1) is 5.92 Å². The number of aryl methyl sites for hydroxylation is 1. The fourth-order valence-electron chi connectivity index (χ4n) is 3.98. The van der Waals surface area contributed by atoms with Crippen molar-refractivity contribution in [1.29, 1.82) is 0 Å². The Balaban J connectivity index is 1.43. The van der Waals surface area contributed by atoms with Gasteiger partial charge in [0.25, 0.3) is 5.91 Å². The number of aromatic nitrogens is 4. The fraction of sp³-hybridized carbons (Fsp3) is 0.429. The van der Waals surface area contributed by atoms with Crippen molar-refractivity contribution in [2.75, 3.05) is 23.3 Å². The molecule has 0 radical (unpaired) electrons. The van der Waals surface area contributed by atoms with Gasteiger partial charge in [0.05, 0.1) is 5.52 Å². The normalized spacial score (nSPS) is 19.4. The van der Waals surface area contributed by atoms with E-state index < -0.39 is 0 Å². The van der Waals surface area contributed by atoms with Gasteiger partial charge in [-0.15, -0.1) is 0 Å². The van der Waals surface area contributed by atoms with Gasteiger partial charge >= 0.3 is 0 Å². The summed E-state index contributed by atoms with van der Waals surface area (Å²) in [5, 5.41) is 8.62. The lowest BCUT2D eigenvalue weighted by Gasteiger charge is -2.16. The van der Waals surface area contributed by atoms with Gasteiger partial charge in [-0.05, 0) is 54.9 Å². The molecular formula is C21H24N6O. The van der Waals surface area contributed by atoms with Crippen LogP contribution in [0.1, 0.15) is 48.2 Å². The number of carbonyl (C=O) groups excluding carboxylic acids is 1. The minimum absolute atomic E-state index is 0.193. The Morgan fingerprint density at radius 1 is 1.25 bits per heavy atom. The third-order valence-corrected chi connectivity index (χ3v) is 5.64. The lowest BCUT2D eigenvalue weighted by atomic mass is 10.1. The van der Waals surface area contributed by atoms with E-state index in [9.17, 15) is 4.79 Å². The summed E-state index contributed by atoms with van der Waals surface area (Å²) in [6.07, 6.45) is 7.10. The summed E-state index contributed by atoms with van der Waals surface area (Å²) in [6.45, 7) is 4.11. The molecule has 2 aliphatic rings. The summed E-state index contributed by atoms with van der Waals surface area (Å²) in [4.78, 5) is 24.0. The summed E-state index contributed by atoms with van der Waals surface area (Å²) < 4.78 is 1.81. The van der Waals surface area contributed by atoms with Crippen LogP contribution < -0.4 is 10.2 Å². The molecule has 1 aliphatic heterocycles. The van der Waals surface area contributed by atoms with Gasteiger partial charge in [-0.1, -0.05) is 6.92 Å². The second-order valence-corrected chi connectivity index (χ2v) is 8.11. The molecule has 1 N–H and O–H groups in total. The largest absolute Gasteiger partial charge is 0.341 e. The molecule has 2 fully saturated rings. The lowest BCUT2D eigenvalue weighted by Crippen LogP contribution is -2.23. The van der Waals surface area contributed by atoms with E-state index in [2.05, 4.69) is 38.3 Å². The van der Waals surface area contributed by atoms with E-state index in [0.717, 1.165) is 48.9 Å². The molecule has 3 heterocycles. The van der Waals surface area contributed by atoms with Crippen LogP contribution in [0.3, 0.4) is 0 Å². The number of hydrogen-bond acceptors (Lipinski definition) is 5. The van der Waals surface area contributed by atoms with Crippen molar-refractivity contribution >= 4 is 28.4 Å². The number of amides is 1. The van der Waals surface area contributed by atoms with E-state index in [4.69, 9.17) is 0 Å². The molecule has 1 aromatic carbocycles. The number of fused-ring (bicyclic) bond motifs is 1. The summed E-state index contributed by atoms with van der Waals surface area (Å²) in [6, 6.07) is 5.81. The molecule has 144 valence electrons. The Bertz CT molecular complexity index is 1050. The van der Waals surface area contributed by atoms with Crippen molar-refractivity contribution in [1.82, 2.24) is 19.7 Å². The first-order chi connectivity index (χ1) is 13.6. The average Bonchev–Trinajstić information content (AvgIpc) is 3.33. The number of anilines is 2. The van der Waals surface area contributed by atoms with E-state index >= 15 is 0 Å². The number of nitrogens with one attached hydrogen (secondary N) is 1. The van der Waals surface area contributed by atoms with E-state index in [1.54, 1.807) is 16.9 Å². The summed E-state index contributed by atoms with van der Waals surface area (Å²) >= 11 is 0. The van der Waals surface area contributed by atoms with Crippen LogP contribution in [-0.4, -0.2) is 38.7 Å². The van der Waals surface area contributed by atoms with Gasteiger partial charge in [-0.3, -0.25) is 9.48 Å². The number of rotatable bonds is 4. The molecule has 0 spiro atoms. The zero-order chi connectivity index (χ0) is 19.3. The van der Waals surface area contributed by atoms with Gasteiger partial charge in [0.2, 0.25) is 5.95 Å². The quantitative estimate of drug-likeness (QED) is 0.756. The van der Waals surface area contributed by atoms with Gasteiger partial charge < -0.3 is 10.2 Å². The van der Waals surface area contributed by atoms with Crippen molar-refractivity contribution in [3.8, 4) is 0 Å². The van der Waals surface area contributed by atoms with Crippen LogP contribution in [0.25, 0.3) is 10.9 Å². The zero-order valence-corrected chi connectivity index (χ0v) is 16.2. The summed E-state index contributed by atoms with van der Waals surface area (Å²) in [5.41, 5.74) is 3.40. The van der Waals surface area contributed by atoms with Crippen LogP contribution in [0.5, 0.6) is 0 Å². The minimum Gasteiger partial charge on any atom is -0.341 e. The first-order valence-electron chi connectivity index (χ1n) is 9.93. The Morgan fingerprint density at radius 3 is 2.86 bits per heavy atom. The van der Waals surface area contributed by atoms with Crippen LogP contribution in [0.4, 0.5) is 11.6 Å². The van der Waals surface area contributed by atoms with Gasteiger partial charge in [0, 0.05) is 43.6 Å². The minimum atomic E-state index is -0.193. The molecule has 5 rings (SSSR count). The standard InChI is InChI=1S/C21H24N6O/c1-13-6-8-27(11-13)21-22-7-5-17(24-21)20(28)23-19-9-15-12-26(2)25-18(15)10-16(19)14-3-4-14/h5,7,9-10,12-14H,3-4,6,8,11H2,1-2H3,(H,23,28). The predicted octanol–water partition coefficient (Wildman–Crippen LogP) is 3.34. The fourth-order valence-corrected chi connectivity index (χ4v) is 3.98. The maximum Gasteiger partial charge on any atom is 0.274 e. The van der Waals surface area contributed by atoms with E-state index in [-0.39, 0.29) is 5.91 Å². The van der Waals surface area contributed by atoms with Gasteiger partial charge in [-0.2, -0.15) is 5.10 Å². The predicted molar refractivity (Wildman–Crippen MR) is 109 cm³/mol. The highest BCUT2D eigenvalue weighted by Crippen LogP contribution is 2.44. The van der Waals surface area contributed by atoms with Crippen LogP contribution in [-0.2, 0) is 7.05 Å². The van der Waals surface area contributed by atoms with Crippen LogP contribution in [0.15, 0.2) is 30.6 Å². The third kappa shape index (κ3) is 3.21. The van der Waals surface area contributed by atoms with Gasteiger partial charge in [0.1, 0.15) is 5.69 Å². The number of carbonyl (C=O) groups is 1. The molecule has 7 nitrogen and oxygen atoms in total. The van der Waals surface area contributed by atoms with Gasteiger partial charge in [0.15, 0.2) is 0 Å². The SMILES string of the molecule is CC1CCN(c2nccc(C(=O)Nc3cc4cn(C)nc4cc3C3CC3)n2)C1. The molecule has 1 saturated carbocycles. The summed E-state index contributed by atoms with van der Waals surface area (Å²) in [7, 11) is 1.91. The average molecular weight is 376 g/mol.